The van der Waals surface area contributed by atoms with Crippen molar-refractivity contribution in [1.82, 2.24) is 0 Å². The van der Waals surface area contributed by atoms with E-state index in [-0.39, 0.29) is 25.9 Å². The van der Waals surface area contributed by atoms with Crippen LogP contribution in [0.1, 0.15) is 31.1 Å². The summed E-state index contributed by atoms with van der Waals surface area (Å²) in [6, 6.07) is 7.00. The molecule has 1 N–H and O–H groups in total. The van der Waals surface area contributed by atoms with Crippen molar-refractivity contribution in [3.63, 3.8) is 0 Å². The van der Waals surface area contributed by atoms with E-state index in [2.05, 4.69) is 0 Å². The molecule has 0 spiro atoms. The van der Waals surface area contributed by atoms with E-state index in [9.17, 15) is 14.7 Å². The Bertz CT molecular complexity index is 530. The van der Waals surface area contributed by atoms with Crippen LogP contribution in [0.15, 0.2) is 24.3 Å². The van der Waals surface area contributed by atoms with Gasteiger partial charge in [0, 0.05) is 13.5 Å². The van der Waals surface area contributed by atoms with Gasteiger partial charge in [0.25, 0.3) is 0 Å². The van der Waals surface area contributed by atoms with Crippen LogP contribution in [0.3, 0.4) is 0 Å². The zero-order valence-electron chi connectivity index (χ0n) is 13.4. The lowest BCUT2D eigenvalue weighted by molar-refractivity contribution is -0.156. The van der Waals surface area contributed by atoms with Crippen LogP contribution < -0.4 is 0 Å². The highest BCUT2D eigenvalue weighted by molar-refractivity contribution is 6.44. The molecule has 0 radical (unpaired) electrons. The first-order chi connectivity index (χ1) is 10.8. The van der Waals surface area contributed by atoms with E-state index in [1.807, 2.05) is 6.92 Å². The number of carboxylic acids is 1. The van der Waals surface area contributed by atoms with Gasteiger partial charge in [-0.3, -0.25) is 0 Å². The van der Waals surface area contributed by atoms with Gasteiger partial charge in [-0.2, -0.15) is 0 Å². The van der Waals surface area contributed by atoms with Gasteiger partial charge in [-0.15, -0.1) is 0 Å². The topological polar surface area (TPSA) is 82.1 Å². The summed E-state index contributed by atoms with van der Waals surface area (Å²) in [5.74, 6) is -2.39. The number of halogens is 1. The van der Waals surface area contributed by atoms with Crippen molar-refractivity contribution in [1.29, 1.82) is 0 Å². The SMILES string of the molecule is CCOC(=O)C(Cl)(Cc1ccc([C@H](C)OCOC)cc1)C(=O)O. The number of carboxylic acid groups (broad SMARTS) is 1. The zero-order valence-corrected chi connectivity index (χ0v) is 14.1. The van der Waals surface area contributed by atoms with Gasteiger partial charge in [-0.05, 0) is 25.0 Å². The Balaban J connectivity index is 2.86. The van der Waals surface area contributed by atoms with E-state index < -0.39 is 16.8 Å². The fraction of sp³-hybridized carbons (Fsp3) is 0.500. The van der Waals surface area contributed by atoms with Crippen molar-refractivity contribution in [3.8, 4) is 0 Å². The molecule has 0 aromatic heterocycles. The minimum absolute atomic E-state index is 0.0634. The molecule has 1 unspecified atom stereocenters. The van der Waals surface area contributed by atoms with E-state index in [0.29, 0.717) is 5.56 Å². The lowest BCUT2D eigenvalue weighted by Crippen LogP contribution is -2.44. The number of hydrogen-bond acceptors (Lipinski definition) is 5. The Hall–Kier alpha value is -1.63. The molecule has 0 saturated heterocycles. The molecule has 1 aromatic carbocycles. The number of hydrogen-bond donors (Lipinski definition) is 1. The Kier molecular flexibility index (Phi) is 7.48. The van der Waals surface area contributed by atoms with Gasteiger partial charge in [0.2, 0.25) is 4.87 Å². The van der Waals surface area contributed by atoms with Crippen molar-refractivity contribution in [3.05, 3.63) is 35.4 Å². The van der Waals surface area contributed by atoms with E-state index >= 15 is 0 Å². The summed E-state index contributed by atoms with van der Waals surface area (Å²) in [4.78, 5) is 21.1. The Morgan fingerprint density at radius 1 is 1.30 bits per heavy atom. The van der Waals surface area contributed by atoms with E-state index in [1.165, 1.54) is 7.11 Å². The second kappa shape index (κ2) is 8.86. The summed E-state index contributed by atoms with van der Waals surface area (Å²) in [5, 5.41) is 9.26. The van der Waals surface area contributed by atoms with Crippen molar-refractivity contribution in [2.45, 2.75) is 31.2 Å². The van der Waals surface area contributed by atoms with Gasteiger partial charge in [0.1, 0.15) is 6.79 Å². The molecular formula is C16H21ClO6. The molecule has 128 valence electrons. The smallest absolute Gasteiger partial charge is 0.339 e. The van der Waals surface area contributed by atoms with E-state index in [1.54, 1.807) is 31.2 Å². The second-order valence-electron chi connectivity index (χ2n) is 4.96. The normalized spacial score (nSPS) is 14.8. The zero-order chi connectivity index (χ0) is 17.5. The Morgan fingerprint density at radius 3 is 2.39 bits per heavy atom. The number of methoxy groups -OCH3 is 1. The quantitative estimate of drug-likeness (QED) is 0.321. The summed E-state index contributed by atoms with van der Waals surface area (Å²) in [6.45, 7) is 3.70. The molecular weight excluding hydrogens is 324 g/mol. The van der Waals surface area contributed by atoms with Gasteiger partial charge < -0.3 is 19.3 Å². The lowest BCUT2D eigenvalue weighted by atomic mass is 9.97. The highest BCUT2D eigenvalue weighted by Gasteiger charge is 2.46. The third-order valence-electron chi connectivity index (χ3n) is 3.27. The third kappa shape index (κ3) is 5.20. The molecule has 0 aliphatic heterocycles. The first-order valence-corrected chi connectivity index (χ1v) is 7.51. The molecule has 0 bridgehead atoms. The number of carbonyl (C=O) groups is 2. The first-order valence-electron chi connectivity index (χ1n) is 7.14. The Labute approximate surface area is 140 Å². The molecule has 1 aromatic rings. The predicted octanol–water partition coefficient (Wildman–Crippen LogP) is 2.54. The average Bonchev–Trinajstić information content (AvgIpc) is 2.53. The highest BCUT2D eigenvalue weighted by Crippen LogP contribution is 2.25. The van der Waals surface area contributed by atoms with Gasteiger partial charge >= 0.3 is 11.9 Å². The van der Waals surface area contributed by atoms with Crippen LogP contribution in [0.25, 0.3) is 0 Å². The van der Waals surface area contributed by atoms with Crippen molar-refractivity contribution >= 4 is 23.5 Å². The molecule has 0 heterocycles. The van der Waals surface area contributed by atoms with Crippen LogP contribution in [-0.2, 0) is 30.2 Å². The van der Waals surface area contributed by atoms with Crippen molar-refractivity contribution in [2.24, 2.45) is 0 Å². The number of ether oxygens (including phenoxy) is 3. The number of benzene rings is 1. The van der Waals surface area contributed by atoms with Crippen molar-refractivity contribution in [2.75, 3.05) is 20.5 Å². The van der Waals surface area contributed by atoms with Crippen LogP contribution in [0, 0.1) is 0 Å². The summed E-state index contributed by atoms with van der Waals surface area (Å²) < 4.78 is 15.0. The second-order valence-corrected chi connectivity index (χ2v) is 5.61. The Morgan fingerprint density at radius 2 is 1.91 bits per heavy atom. The van der Waals surface area contributed by atoms with Gasteiger partial charge in [0.05, 0.1) is 12.7 Å². The molecule has 7 heteroatoms. The maximum absolute atomic E-state index is 11.8. The maximum atomic E-state index is 11.8. The minimum Gasteiger partial charge on any atom is -0.479 e. The minimum atomic E-state index is -2.13. The predicted molar refractivity (Wildman–Crippen MR) is 84.4 cm³/mol. The number of aliphatic carboxylic acids is 1. The average molecular weight is 345 g/mol. The van der Waals surface area contributed by atoms with E-state index in [4.69, 9.17) is 25.8 Å². The molecule has 6 nitrogen and oxygen atoms in total. The molecule has 0 aliphatic rings. The number of alkyl halides is 1. The number of rotatable bonds is 9. The monoisotopic (exact) mass is 344 g/mol. The summed E-state index contributed by atoms with van der Waals surface area (Å²) >= 11 is 5.99. The molecule has 1 rings (SSSR count). The molecule has 0 amide bonds. The van der Waals surface area contributed by atoms with Gasteiger partial charge in [-0.25, -0.2) is 9.59 Å². The third-order valence-corrected chi connectivity index (χ3v) is 3.72. The van der Waals surface area contributed by atoms with Crippen LogP contribution in [0.4, 0.5) is 0 Å². The van der Waals surface area contributed by atoms with Crippen LogP contribution in [0.2, 0.25) is 0 Å². The van der Waals surface area contributed by atoms with Gasteiger partial charge in [0.15, 0.2) is 0 Å². The summed E-state index contributed by atoms with van der Waals surface area (Å²) in [6.07, 6.45) is -0.342. The lowest BCUT2D eigenvalue weighted by Gasteiger charge is -2.20. The number of esters is 1. The summed E-state index contributed by atoms with van der Waals surface area (Å²) in [5.41, 5.74) is 1.51. The fourth-order valence-electron chi connectivity index (χ4n) is 1.93. The molecule has 0 saturated carbocycles. The fourth-order valence-corrected chi connectivity index (χ4v) is 2.14. The largest absolute Gasteiger partial charge is 0.479 e. The van der Waals surface area contributed by atoms with Crippen LogP contribution in [-0.4, -0.2) is 42.4 Å². The standard InChI is InChI=1S/C16H21ClO6/c1-4-22-15(20)16(17,14(18)19)9-12-5-7-13(8-6-12)11(2)23-10-21-3/h5-8,11H,4,9-10H2,1-3H3,(H,18,19)/t11-,16?/m0/s1. The van der Waals surface area contributed by atoms with Crippen molar-refractivity contribution < 1.29 is 28.9 Å². The molecule has 2 atom stereocenters. The summed E-state index contributed by atoms with van der Waals surface area (Å²) in [7, 11) is 1.54. The first kappa shape index (κ1) is 19.4. The van der Waals surface area contributed by atoms with Gasteiger partial charge in [-0.1, -0.05) is 35.9 Å². The van der Waals surface area contributed by atoms with Crippen LogP contribution in [0.5, 0.6) is 0 Å². The molecule has 0 fully saturated rings. The highest BCUT2D eigenvalue weighted by atomic mass is 35.5. The molecule has 0 aliphatic carbocycles. The molecule has 23 heavy (non-hydrogen) atoms. The number of carbonyl (C=O) groups excluding carboxylic acids is 1. The van der Waals surface area contributed by atoms with Crippen LogP contribution >= 0.6 is 11.6 Å². The maximum Gasteiger partial charge on any atom is 0.339 e. The van der Waals surface area contributed by atoms with E-state index in [0.717, 1.165) is 5.56 Å².